The Hall–Kier alpha value is -4.98. The number of halogens is 1. The van der Waals surface area contributed by atoms with E-state index in [0.29, 0.717) is 86.5 Å². The number of benzene rings is 3. The van der Waals surface area contributed by atoms with Gasteiger partial charge in [-0.2, -0.15) is 0 Å². The van der Waals surface area contributed by atoms with E-state index < -0.39 is 17.2 Å². The summed E-state index contributed by atoms with van der Waals surface area (Å²) >= 11 is 0. The summed E-state index contributed by atoms with van der Waals surface area (Å²) < 4.78 is 36.5. The highest BCUT2D eigenvalue weighted by Gasteiger charge is 2.35. The fraction of sp³-hybridized carbons (Fsp3) is 0.410. The molecule has 5 aromatic rings. The van der Waals surface area contributed by atoms with Crippen LogP contribution in [0.2, 0.25) is 0 Å². The summed E-state index contributed by atoms with van der Waals surface area (Å²) in [7, 11) is 2.09. The van der Waals surface area contributed by atoms with Crippen molar-refractivity contribution in [1.29, 1.82) is 0 Å². The number of fused-ring (bicyclic) bond motifs is 5. The summed E-state index contributed by atoms with van der Waals surface area (Å²) in [5.41, 5.74) is 1.83. The van der Waals surface area contributed by atoms with E-state index in [0.717, 1.165) is 36.6 Å². The van der Waals surface area contributed by atoms with Gasteiger partial charge in [0.1, 0.15) is 27.9 Å². The number of hydrogen-bond acceptors (Lipinski definition) is 9. The second-order valence-electron chi connectivity index (χ2n) is 14.4. The molecule has 13 heteroatoms. The number of morpholine rings is 1. The molecule has 4 aliphatic heterocycles. The molecule has 9 rings (SSSR count). The number of rotatable bonds is 8. The molecule has 6 heterocycles. The third-order valence-electron chi connectivity index (χ3n) is 11.1. The van der Waals surface area contributed by atoms with Gasteiger partial charge in [-0.1, -0.05) is 18.2 Å². The highest BCUT2D eigenvalue weighted by molar-refractivity contribution is 6.07. The van der Waals surface area contributed by atoms with E-state index in [4.69, 9.17) is 13.9 Å². The molecule has 2 aromatic heterocycles. The van der Waals surface area contributed by atoms with Gasteiger partial charge < -0.3 is 38.9 Å². The van der Waals surface area contributed by atoms with Gasteiger partial charge in [-0.3, -0.25) is 19.3 Å². The van der Waals surface area contributed by atoms with Crippen LogP contribution < -0.4 is 25.7 Å². The Labute approximate surface area is 299 Å². The molecule has 52 heavy (non-hydrogen) atoms. The highest BCUT2D eigenvalue weighted by atomic mass is 19.1. The van der Waals surface area contributed by atoms with E-state index >= 15 is 4.39 Å². The molecular weight excluding hydrogens is 667 g/mol. The normalized spacial score (nSPS) is 20.5. The number of nitrogens with zero attached hydrogens (tertiary/aromatic N) is 4. The molecule has 2 amide bonds. The van der Waals surface area contributed by atoms with Crippen molar-refractivity contribution in [2.45, 2.75) is 37.8 Å². The molecule has 270 valence electrons. The van der Waals surface area contributed by atoms with Crippen molar-refractivity contribution in [3.63, 3.8) is 0 Å². The van der Waals surface area contributed by atoms with Crippen LogP contribution in [0.4, 0.5) is 10.1 Å². The highest BCUT2D eigenvalue weighted by Crippen LogP contribution is 2.49. The largest absolute Gasteiger partial charge is 0.456 e. The minimum Gasteiger partial charge on any atom is -0.456 e. The number of furan rings is 1. The molecule has 4 aliphatic rings. The number of likely N-dealkylation sites (tertiary alicyclic amines) is 1. The van der Waals surface area contributed by atoms with E-state index in [2.05, 4.69) is 27.5 Å². The Morgan fingerprint density at radius 1 is 0.981 bits per heavy atom. The number of pyridine rings is 1. The van der Waals surface area contributed by atoms with E-state index in [1.165, 1.54) is 6.07 Å². The van der Waals surface area contributed by atoms with E-state index in [9.17, 15) is 14.4 Å². The van der Waals surface area contributed by atoms with Crippen LogP contribution >= 0.6 is 0 Å². The van der Waals surface area contributed by atoms with Crippen molar-refractivity contribution in [2.24, 2.45) is 0 Å². The molecule has 0 spiro atoms. The summed E-state index contributed by atoms with van der Waals surface area (Å²) in [4.78, 5) is 46.9. The van der Waals surface area contributed by atoms with Crippen molar-refractivity contribution in [1.82, 2.24) is 25.0 Å². The van der Waals surface area contributed by atoms with Crippen LogP contribution in [-0.2, 0) is 9.53 Å². The number of amides is 2. The lowest BCUT2D eigenvalue weighted by Crippen LogP contribution is -2.46. The maximum absolute atomic E-state index is 16.5. The summed E-state index contributed by atoms with van der Waals surface area (Å²) in [6.07, 6.45) is 5.14. The van der Waals surface area contributed by atoms with Gasteiger partial charge in [0.2, 0.25) is 11.3 Å². The third kappa shape index (κ3) is 5.76. The van der Waals surface area contributed by atoms with Crippen LogP contribution in [0, 0.1) is 5.82 Å². The number of anilines is 1. The predicted molar refractivity (Wildman–Crippen MR) is 195 cm³/mol. The van der Waals surface area contributed by atoms with Gasteiger partial charge in [0.15, 0.2) is 17.3 Å². The smallest absolute Gasteiger partial charge is 0.256 e. The Bertz CT molecular complexity index is 2300. The molecule has 3 saturated heterocycles. The number of para-hydroxylation sites is 1. The molecule has 2 N–H and O–H groups in total. The fourth-order valence-electron chi connectivity index (χ4n) is 8.39. The number of ether oxygens (including phenoxy) is 2. The zero-order valence-corrected chi connectivity index (χ0v) is 29.1. The molecule has 3 aromatic carbocycles. The SMILES string of the molecule is CN1CCCC1CCNC(=O)c1cn2c3c(c(N4CC[C@@H](NC(=O)CN5CCOCC5)C4)c(F)cc3c1=O)Oc1cc3c(cc1-2)oc1ccccc13. The van der Waals surface area contributed by atoms with Crippen molar-refractivity contribution >= 4 is 50.3 Å². The molecule has 0 radical (unpaired) electrons. The third-order valence-corrected chi connectivity index (χ3v) is 11.1. The van der Waals surface area contributed by atoms with Crippen LogP contribution in [0.5, 0.6) is 11.5 Å². The first-order valence-corrected chi connectivity index (χ1v) is 18.2. The second kappa shape index (κ2) is 13.2. The van der Waals surface area contributed by atoms with Crippen LogP contribution in [0.15, 0.2) is 57.9 Å². The lowest BCUT2D eigenvalue weighted by atomic mass is 10.0. The lowest BCUT2D eigenvalue weighted by molar-refractivity contribution is -0.123. The zero-order chi connectivity index (χ0) is 35.5. The Morgan fingerprint density at radius 2 is 1.83 bits per heavy atom. The van der Waals surface area contributed by atoms with Gasteiger partial charge in [0.05, 0.1) is 30.8 Å². The number of aromatic nitrogens is 1. The van der Waals surface area contributed by atoms with Gasteiger partial charge >= 0.3 is 0 Å². The van der Waals surface area contributed by atoms with E-state index in [-0.39, 0.29) is 40.9 Å². The van der Waals surface area contributed by atoms with Gasteiger partial charge in [-0.15, -0.1) is 0 Å². The molecule has 2 atom stereocenters. The summed E-state index contributed by atoms with van der Waals surface area (Å²) in [5, 5.41) is 7.85. The number of carbonyl (C=O) groups is 2. The zero-order valence-electron chi connectivity index (χ0n) is 29.1. The van der Waals surface area contributed by atoms with Crippen LogP contribution in [-0.4, -0.2) is 104 Å². The first-order chi connectivity index (χ1) is 25.3. The minimum absolute atomic E-state index is 0.0457. The molecule has 0 saturated carbocycles. The maximum Gasteiger partial charge on any atom is 0.256 e. The molecule has 3 fully saturated rings. The Kier molecular flexibility index (Phi) is 8.36. The monoisotopic (exact) mass is 708 g/mol. The predicted octanol–water partition coefficient (Wildman–Crippen LogP) is 4.38. The van der Waals surface area contributed by atoms with Crippen molar-refractivity contribution < 1.29 is 27.9 Å². The van der Waals surface area contributed by atoms with Gasteiger partial charge in [0, 0.05) is 67.8 Å². The van der Waals surface area contributed by atoms with Crippen LogP contribution in [0.25, 0.3) is 38.5 Å². The average molecular weight is 709 g/mol. The molecule has 12 nitrogen and oxygen atoms in total. The molecule has 0 aliphatic carbocycles. The molecular formula is C39H41FN6O6. The standard InChI is InChI=1S/C39H41FN6O6/c1-43-11-4-5-24(43)8-10-41-39(49)28-21-46-30-19-32-26(25-6-2-3-7-31(25)51-32)18-33(30)52-38-35(46)27(37(28)48)17-29(40)36(38)45-12-9-23(20-45)42-34(47)22-44-13-15-50-16-14-44/h2-3,6-7,17-19,21,23-24H,4-5,8-16,20,22H2,1H3,(H,41,49)(H,42,47)/t23-,24?/m1/s1. The lowest BCUT2D eigenvalue weighted by Gasteiger charge is -2.29. The van der Waals surface area contributed by atoms with Crippen LogP contribution in [0.3, 0.4) is 0 Å². The summed E-state index contributed by atoms with van der Waals surface area (Å²) in [6.45, 7) is 5.20. The van der Waals surface area contributed by atoms with Crippen molar-refractivity contribution in [3.8, 4) is 17.2 Å². The molecule has 0 bridgehead atoms. The van der Waals surface area contributed by atoms with Crippen molar-refractivity contribution in [3.05, 3.63) is 70.3 Å². The quantitative estimate of drug-likeness (QED) is 0.238. The second-order valence-corrected chi connectivity index (χ2v) is 14.4. The number of hydrogen-bond donors (Lipinski definition) is 2. The maximum atomic E-state index is 16.5. The summed E-state index contributed by atoms with van der Waals surface area (Å²) in [5.74, 6) is -0.579. The van der Waals surface area contributed by atoms with Gasteiger partial charge in [-0.25, -0.2) is 4.39 Å². The minimum atomic E-state index is -0.633. The fourth-order valence-corrected chi connectivity index (χ4v) is 8.39. The van der Waals surface area contributed by atoms with Gasteiger partial charge in [-0.05, 0) is 57.5 Å². The topological polar surface area (TPSA) is 122 Å². The number of nitrogens with one attached hydrogen (secondary N) is 2. The number of carbonyl (C=O) groups excluding carboxylic acids is 2. The average Bonchev–Trinajstić information content (AvgIpc) is 3.87. The first kappa shape index (κ1) is 32.9. The van der Waals surface area contributed by atoms with Crippen molar-refractivity contribution in [2.75, 3.05) is 71.0 Å². The Morgan fingerprint density at radius 3 is 2.65 bits per heavy atom. The van der Waals surface area contributed by atoms with Crippen LogP contribution in [0.1, 0.15) is 36.0 Å². The van der Waals surface area contributed by atoms with Gasteiger partial charge in [0.25, 0.3) is 5.91 Å². The molecule has 1 unspecified atom stereocenters. The summed E-state index contributed by atoms with van der Waals surface area (Å²) in [6, 6.07) is 12.8. The first-order valence-electron chi connectivity index (χ1n) is 18.2. The van der Waals surface area contributed by atoms with E-state index in [1.807, 2.05) is 41.3 Å². The van der Waals surface area contributed by atoms with E-state index in [1.54, 1.807) is 10.8 Å². The Balaban J connectivity index is 1.09.